The van der Waals surface area contributed by atoms with Crippen molar-refractivity contribution in [3.05, 3.63) is 11.8 Å². The second-order valence-corrected chi connectivity index (χ2v) is 6.66. The maximum atomic E-state index is 12.2. The third kappa shape index (κ3) is 4.23. The fraction of sp³-hybridized carbons (Fsp3) is 0.750. The molecule has 4 N–H and O–H groups in total. The highest BCUT2D eigenvalue weighted by molar-refractivity contribution is 5.91. The number of nitrogens with two attached hydrogens (primary N) is 1. The molecule has 5 nitrogen and oxygen atoms in total. The van der Waals surface area contributed by atoms with E-state index in [-0.39, 0.29) is 30.3 Å². The standard InChI is InChI=1S/C16H26N4O.ClH/c17-13-8-7-12(9-13)16(21)18-15-10-14(19-20-15)11-5-3-1-2-4-6-11;/h10-13H,1-9,17H2,(H2,18,19,20,21);1H. The Kier molecular flexibility index (Phi) is 6.26. The van der Waals surface area contributed by atoms with E-state index >= 15 is 0 Å². The molecule has 0 saturated heterocycles. The van der Waals surface area contributed by atoms with Crippen LogP contribution in [0.1, 0.15) is 69.4 Å². The number of halogens is 1. The number of rotatable bonds is 3. The number of carbonyl (C=O) groups excluding carboxylic acids is 1. The van der Waals surface area contributed by atoms with E-state index in [4.69, 9.17) is 5.73 Å². The van der Waals surface area contributed by atoms with Crippen LogP contribution in [0.5, 0.6) is 0 Å². The van der Waals surface area contributed by atoms with Crippen LogP contribution in [0.2, 0.25) is 0 Å². The van der Waals surface area contributed by atoms with Gasteiger partial charge in [0.1, 0.15) is 0 Å². The SMILES string of the molecule is Cl.NC1CCC(C(=O)Nc2cc(C3CCCCCC3)[nH]n2)C1. The minimum absolute atomic E-state index is 0. The maximum absolute atomic E-state index is 12.2. The minimum atomic E-state index is 0. The molecule has 0 bridgehead atoms. The smallest absolute Gasteiger partial charge is 0.228 e. The van der Waals surface area contributed by atoms with Gasteiger partial charge in [-0.15, -0.1) is 12.4 Å². The van der Waals surface area contributed by atoms with Crippen molar-refractivity contribution in [1.82, 2.24) is 10.2 Å². The fourth-order valence-corrected chi connectivity index (χ4v) is 3.68. The molecular formula is C16H27ClN4O. The van der Waals surface area contributed by atoms with Crippen molar-refractivity contribution in [3.8, 4) is 0 Å². The molecule has 2 saturated carbocycles. The quantitative estimate of drug-likeness (QED) is 0.745. The predicted octanol–water partition coefficient (Wildman–Crippen LogP) is 3.34. The molecule has 2 fully saturated rings. The summed E-state index contributed by atoms with van der Waals surface area (Å²) in [5.41, 5.74) is 7.05. The lowest BCUT2D eigenvalue weighted by Gasteiger charge is -2.10. The molecule has 1 aromatic rings. The van der Waals surface area contributed by atoms with E-state index in [0.717, 1.165) is 19.3 Å². The monoisotopic (exact) mass is 326 g/mol. The first-order valence-electron chi connectivity index (χ1n) is 8.34. The van der Waals surface area contributed by atoms with Crippen molar-refractivity contribution >= 4 is 24.1 Å². The van der Waals surface area contributed by atoms with Gasteiger partial charge in [-0.05, 0) is 32.1 Å². The summed E-state index contributed by atoms with van der Waals surface area (Å²) in [6, 6.07) is 2.20. The van der Waals surface area contributed by atoms with Gasteiger partial charge in [-0.25, -0.2) is 0 Å². The van der Waals surface area contributed by atoms with Crippen LogP contribution < -0.4 is 11.1 Å². The zero-order chi connectivity index (χ0) is 14.7. The molecule has 2 aliphatic carbocycles. The van der Waals surface area contributed by atoms with Gasteiger partial charge in [0.05, 0.1) is 0 Å². The van der Waals surface area contributed by atoms with Crippen LogP contribution in [0.3, 0.4) is 0 Å². The summed E-state index contributed by atoms with van der Waals surface area (Å²) in [5.74, 6) is 1.37. The summed E-state index contributed by atoms with van der Waals surface area (Å²) in [4.78, 5) is 12.2. The van der Waals surface area contributed by atoms with Crippen molar-refractivity contribution in [1.29, 1.82) is 0 Å². The van der Waals surface area contributed by atoms with Crippen LogP contribution in [0.25, 0.3) is 0 Å². The van der Waals surface area contributed by atoms with E-state index in [0.29, 0.717) is 11.7 Å². The number of anilines is 1. The topological polar surface area (TPSA) is 83.8 Å². The largest absolute Gasteiger partial charge is 0.328 e. The first-order chi connectivity index (χ1) is 10.2. The summed E-state index contributed by atoms with van der Waals surface area (Å²) >= 11 is 0. The number of nitrogens with one attached hydrogen (secondary N) is 2. The van der Waals surface area contributed by atoms with Gasteiger partial charge >= 0.3 is 0 Å². The van der Waals surface area contributed by atoms with Gasteiger partial charge in [-0.2, -0.15) is 5.10 Å². The molecule has 1 heterocycles. The Morgan fingerprint density at radius 1 is 1.18 bits per heavy atom. The zero-order valence-electron chi connectivity index (χ0n) is 13.0. The van der Waals surface area contributed by atoms with Gasteiger partial charge in [-0.3, -0.25) is 9.89 Å². The Bertz CT molecular complexity index is 482. The summed E-state index contributed by atoms with van der Waals surface area (Å²) in [5, 5.41) is 10.3. The van der Waals surface area contributed by atoms with Crippen LogP contribution in [0.15, 0.2) is 6.07 Å². The van der Waals surface area contributed by atoms with E-state index in [1.54, 1.807) is 0 Å². The summed E-state index contributed by atoms with van der Waals surface area (Å²) < 4.78 is 0. The van der Waals surface area contributed by atoms with E-state index in [1.807, 2.05) is 6.07 Å². The Hall–Kier alpha value is -1.07. The first-order valence-corrected chi connectivity index (χ1v) is 8.34. The number of aromatic nitrogens is 2. The molecule has 0 radical (unpaired) electrons. The average molecular weight is 327 g/mol. The summed E-state index contributed by atoms with van der Waals surface area (Å²) in [6.45, 7) is 0. The molecule has 2 aliphatic rings. The molecule has 1 amide bonds. The molecule has 1 aromatic heterocycles. The molecule has 2 atom stereocenters. The van der Waals surface area contributed by atoms with Gasteiger partial charge in [-0.1, -0.05) is 25.7 Å². The highest BCUT2D eigenvalue weighted by Gasteiger charge is 2.28. The van der Waals surface area contributed by atoms with Gasteiger partial charge in [0.25, 0.3) is 0 Å². The molecule has 0 aliphatic heterocycles. The fourth-order valence-electron chi connectivity index (χ4n) is 3.68. The van der Waals surface area contributed by atoms with Crippen LogP contribution in [-0.4, -0.2) is 22.1 Å². The molecule has 22 heavy (non-hydrogen) atoms. The second-order valence-electron chi connectivity index (χ2n) is 6.66. The highest BCUT2D eigenvalue weighted by Crippen LogP contribution is 2.31. The molecule has 3 rings (SSSR count). The molecule has 6 heteroatoms. The number of amides is 1. The minimum Gasteiger partial charge on any atom is -0.328 e. The normalized spacial score (nSPS) is 26.2. The van der Waals surface area contributed by atoms with E-state index < -0.39 is 0 Å². The number of carbonyl (C=O) groups is 1. The number of hydrogen-bond donors (Lipinski definition) is 3. The lowest BCUT2D eigenvalue weighted by atomic mass is 9.97. The average Bonchev–Trinajstić information content (AvgIpc) is 3.01. The summed E-state index contributed by atoms with van der Waals surface area (Å²) in [7, 11) is 0. The van der Waals surface area contributed by atoms with Crippen LogP contribution >= 0.6 is 12.4 Å². The Morgan fingerprint density at radius 2 is 1.91 bits per heavy atom. The van der Waals surface area contributed by atoms with E-state index in [1.165, 1.54) is 44.2 Å². The highest BCUT2D eigenvalue weighted by atomic mass is 35.5. The van der Waals surface area contributed by atoms with Crippen LogP contribution in [-0.2, 0) is 4.79 Å². The Balaban J connectivity index is 0.00000176. The molecule has 2 unspecified atom stereocenters. The molecule has 0 aromatic carbocycles. The maximum Gasteiger partial charge on any atom is 0.228 e. The second kappa shape index (κ2) is 7.97. The first kappa shape index (κ1) is 17.3. The third-order valence-corrected chi connectivity index (χ3v) is 4.99. The molecular weight excluding hydrogens is 300 g/mol. The molecule has 0 spiro atoms. The van der Waals surface area contributed by atoms with Crippen molar-refractivity contribution in [3.63, 3.8) is 0 Å². The number of H-pyrrole nitrogens is 1. The predicted molar refractivity (Wildman–Crippen MR) is 90.2 cm³/mol. The van der Waals surface area contributed by atoms with Crippen molar-refractivity contribution in [2.45, 2.75) is 69.7 Å². The van der Waals surface area contributed by atoms with Gasteiger partial charge in [0, 0.05) is 29.6 Å². The zero-order valence-corrected chi connectivity index (χ0v) is 13.8. The number of aromatic amines is 1. The third-order valence-electron chi connectivity index (χ3n) is 4.99. The number of hydrogen-bond acceptors (Lipinski definition) is 3. The number of nitrogens with zero attached hydrogens (tertiary/aromatic N) is 1. The summed E-state index contributed by atoms with van der Waals surface area (Å²) in [6.07, 6.45) is 10.4. The van der Waals surface area contributed by atoms with Gasteiger partial charge in [0.15, 0.2) is 5.82 Å². The van der Waals surface area contributed by atoms with Crippen molar-refractivity contribution in [2.75, 3.05) is 5.32 Å². The Morgan fingerprint density at radius 3 is 2.55 bits per heavy atom. The van der Waals surface area contributed by atoms with Crippen LogP contribution in [0.4, 0.5) is 5.82 Å². The van der Waals surface area contributed by atoms with Gasteiger partial charge in [0.2, 0.25) is 5.91 Å². The van der Waals surface area contributed by atoms with E-state index in [2.05, 4.69) is 15.5 Å². The Labute approximate surface area is 138 Å². The lowest BCUT2D eigenvalue weighted by Crippen LogP contribution is -2.23. The van der Waals surface area contributed by atoms with Gasteiger partial charge < -0.3 is 11.1 Å². The van der Waals surface area contributed by atoms with E-state index in [9.17, 15) is 4.79 Å². The molecule has 124 valence electrons. The van der Waals surface area contributed by atoms with Crippen LogP contribution in [0, 0.1) is 5.92 Å². The van der Waals surface area contributed by atoms with Crippen molar-refractivity contribution < 1.29 is 4.79 Å². The van der Waals surface area contributed by atoms with Crippen molar-refractivity contribution in [2.24, 2.45) is 11.7 Å². The lowest BCUT2D eigenvalue weighted by molar-refractivity contribution is -0.119.